The van der Waals surface area contributed by atoms with Gasteiger partial charge in [-0.15, -0.1) is 0 Å². The van der Waals surface area contributed by atoms with Crippen molar-refractivity contribution in [3.05, 3.63) is 29.8 Å². The van der Waals surface area contributed by atoms with Gasteiger partial charge in [0, 0.05) is 18.7 Å². The minimum Gasteiger partial charge on any atom is -0.492 e. The predicted molar refractivity (Wildman–Crippen MR) is 72.1 cm³/mol. The Hall–Kier alpha value is -1.59. The first-order valence-corrected chi connectivity index (χ1v) is 5.93. The first-order chi connectivity index (χ1) is 8.49. The van der Waals surface area contributed by atoms with Crippen molar-refractivity contribution in [3.63, 3.8) is 0 Å². The van der Waals surface area contributed by atoms with Crippen molar-refractivity contribution in [2.24, 2.45) is 5.73 Å². The van der Waals surface area contributed by atoms with Crippen LogP contribution in [0, 0.1) is 5.41 Å². The second-order valence-corrected chi connectivity index (χ2v) is 4.40. The summed E-state index contributed by atoms with van der Waals surface area (Å²) in [6.45, 7) is 3.70. The van der Waals surface area contributed by atoms with E-state index in [2.05, 4.69) is 0 Å². The molecule has 1 unspecified atom stereocenters. The zero-order valence-corrected chi connectivity index (χ0v) is 10.9. The maximum absolute atomic E-state index is 9.21. The number of aliphatic hydroxyl groups is 1. The summed E-state index contributed by atoms with van der Waals surface area (Å²) in [5.74, 6) is 0.809. The molecular weight excluding hydrogens is 230 g/mol. The highest BCUT2D eigenvalue weighted by Gasteiger charge is 2.03. The van der Waals surface area contributed by atoms with E-state index in [0.717, 1.165) is 12.3 Å². The van der Waals surface area contributed by atoms with Crippen LogP contribution in [0.25, 0.3) is 0 Å². The Morgan fingerprint density at radius 1 is 1.44 bits per heavy atom. The topological polar surface area (TPSA) is 82.6 Å². The van der Waals surface area contributed by atoms with Crippen molar-refractivity contribution in [1.29, 1.82) is 5.41 Å². The Morgan fingerprint density at radius 2 is 2.06 bits per heavy atom. The molecule has 5 nitrogen and oxygen atoms in total. The first kappa shape index (κ1) is 14.5. The molecule has 1 aromatic rings. The average molecular weight is 251 g/mol. The molecule has 1 atom stereocenters. The van der Waals surface area contributed by atoms with E-state index in [1.54, 1.807) is 31.2 Å². The summed E-state index contributed by atoms with van der Waals surface area (Å²) in [6.07, 6.45) is -0.329. The van der Waals surface area contributed by atoms with Crippen molar-refractivity contribution >= 4 is 5.84 Å². The van der Waals surface area contributed by atoms with Crippen LogP contribution in [0.15, 0.2) is 24.3 Å². The zero-order valence-electron chi connectivity index (χ0n) is 10.9. The second-order valence-electron chi connectivity index (χ2n) is 4.40. The van der Waals surface area contributed by atoms with Crippen molar-refractivity contribution < 1.29 is 9.84 Å². The number of likely N-dealkylation sites (N-methyl/N-ethyl adjacent to an activating group) is 1. The molecule has 1 aromatic carbocycles. The average Bonchev–Trinajstić information content (AvgIpc) is 2.28. The molecule has 4 N–H and O–H groups in total. The van der Waals surface area contributed by atoms with Crippen molar-refractivity contribution in [3.8, 4) is 5.75 Å². The third-order valence-electron chi connectivity index (χ3n) is 2.48. The molecular formula is C13H21N3O2. The largest absolute Gasteiger partial charge is 0.492 e. The SMILES string of the molecule is CC(O)CN(C)CCOc1ccc(C(=N)N)cc1. The lowest BCUT2D eigenvalue weighted by Crippen LogP contribution is -2.30. The number of amidine groups is 1. The van der Waals surface area contributed by atoms with Crippen LogP contribution in [-0.4, -0.2) is 48.7 Å². The molecule has 0 amide bonds. The predicted octanol–water partition coefficient (Wildman–Crippen LogP) is 0.662. The van der Waals surface area contributed by atoms with Gasteiger partial charge in [0.2, 0.25) is 0 Å². The molecule has 18 heavy (non-hydrogen) atoms. The summed E-state index contributed by atoms with van der Waals surface area (Å²) in [4.78, 5) is 2.01. The number of nitrogens with two attached hydrogens (primary N) is 1. The minimum atomic E-state index is -0.329. The van der Waals surface area contributed by atoms with E-state index in [1.807, 2.05) is 11.9 Å². The number of ether oxygens (including phenoxy) is 1. The van der Waals surface area contributed by atoms with Crippen molar-refractivity contribution in [2.45, 2.75) is 13.0 Å². The number of aliphatic hydroxyl groups excluding tert-OH is 1. The van der Waals surface area contributed by atoms with Crippen LogP contribution >= 0.6 is 0 Å². The molecule has 0 heterocycles. The van der Waals surface area contributed by atoms with Gasteiger partial charge < -0.3 is 20.5 Å². The van der Waals surface area contributed by atoms with E-state index in [1.165, 1.54) is 0 Å². The number of hydrogen-bond acceptors (Lipinski definition) is 4. The van der Waals surface area contributed by atoms with Crippen LogP contribution in [0.5, 0.6) is 5.75 Å². The van der Waals surface area contributed by atoms with Crippen LogP contribution in [0.2, 0.25) is 0 Å². The van der Waals surface area contributed by atoms with E-state index in [-0.39, 0.29) is 11.9 Å². The van der Waals surface area contributed by atoms with Gasteiger partial charge in [-0.05, 0) is 38.2 Å². The monoisotopic (exact) mass is 251 g/mol. The summed E-state index contributed by atoms with van der Waals surface area (Å²) in [5, 5.41) is 16.5. The first-order valence-electron chi connectivity index (χ1n) is 5.93. The molecule has 0 bridgehead atoms. The fourth-order valence-electron chi connectivity index (χ4n) is 1.59. The maximum atomic E-state index is 9.21. The Balaban J connectivity index is 2.33. The van der Waals surface area contributed by atoms with Crippen LogP contribution < -0.4 is 10.5 Å². The smallest absolute Gasteiger partial charge is 0.122 e. The number of nitrogen functional groups attached to an aromatic ring is 1. The van der Waals surface area contributed by atoms with Crippen LogP contribution in [0.3, 0.4) is 0 Å². The Labute approximate surface area is 108 Å². The molecule has 0 aliphatic rings. The number of nitrogens with one attached hydrogen (secondary N) is 1. The summed E-state index contributed by atoms with van der Waals surface area (Å²) < 4.78 is 5.56. The number of nitrogens with zero attached hydrogens (tertiary/aromatic N) is 1. The highest BCUT2D eigenvalue weighted by Crippen LogP contribution is 2.11. The van der Waals surface area contributed by atoms with E-state index in [9.17, 15) is 5.11 Å². The van der Waals surface area contributed by atoms with Gasteiger partial charge in [-0.25, -0.2) is 0 Å². The Bertz CT molecular complexity index is 376. The minimum absolute atomic E-state index is 0.0539. The third kappa shape index (κ3) is 5.16. The Morgan fingerprint density at radius 3 is 2.56 bits per heavy atom. The molecule has 1 rings (SSSR count). The van der Waals surface area contributed by atoms with Crippen molar-refractivity contribution in [2.75, 3.05) is 26.7 Å². The molecule has 0 radical (unpaired) electrons. The summed E-state index contributed by atoms with van der Waals surface area (Å²) in [7, 11) is 1.94. The Kier molecular flexibility index (Phi) is 5.61. The molecule has 5 heteroatoms. The van der Waals surface area contributed by atoms with E-state index < -0.39 is 0 Å². The molecule has 0 spiro atoms. The van der Waals surface area contributed by atoms with E-state index in [4.69, 9.17) is 15.9 Å². The molecule has 0 aromatic heterocycles. The van der Waals surface area contributed by atoms with Crippen LogP contribution in [0.1, 0.15) is 12.5 Å². The van der Waals surface area contributed by atoms with Gasteiger partial charge in [0.25, 0.3) is 0 Å². The molecule has 100 valence electrons. The molecule has 0 fully saturated rings. The van der Waals surface area contributed by atoms with Gasteiger partial charge in [0.1, 0.15) is 18.2 Å². The zero-order chi connectivity index (χ0) is 13.5. The van der Waals surface area contributed by atoms with Crippen molar-refractivity contribution in [1.82, 2.24) is 4.90 Å². The lowest BCUT2D eigenvalue weighted by molar-refractivity contribution is 0.131. The lowest BCUT2D eigenvalue weighted by Gasteiger charge is -2.18. The summed E-state index contributed by atoms with van der Waals surface area (Å²) in [5.41, 5.74) is 6.05. The van der Waals surface area contributed by atoms with Gasteiger partial charge in [0.15, 0.2) is 0 Å². The molecule has 0 aliphatic heterocycles. The second kappa shape index (κ2) is 6.98. The third-order valence-corrected chi connectivity index (χ3v) is 2.48. The van der Waals surface area contributed by atoms with E-state index in [0.29, 0.717) is 18.7 Å². The maximum Gasteiger partial charge on any atom is 0.122 e. The lowest BCUT2D eigenvalue weighted by atomic mass is 10.2. The van der Waals surface area contributed by atoms with Gasteiger partial charge >= 0.3 is 0 Å². The van der Waals surface area contributed by atoms with Crippen LogP contribution in [-0.2, 0) is 0 Å². The summed E-state index contributed by atoms with van der Waals surface area (Å²) in [6, 6.07) is 7.12. The molecule has 0 saturated heterocycles. The highest BCUT2D eigenvalue weighted by molar-refractivity contribution is 5.94. The fraction of sp³-hybridized carbons (Fsp3) is 0.462. The highest BCUT2D eigenvalue weighted by atomic mass is 16.5. The summed E-state index contributed by atoms with van der Waals surface area (Å²) >= 11 is 0. The van der Waals surface area contributed by atoms with E-state index >= 15 is 0 Å². The van der Waals surface area contributed by atoms with Gasteiger partial charge in [0.05, 0.1) is 6.10 Å². The fourth-order valence-corrected chi connectivity index (χ4v) is 1.59. The normalized spacial score (nSPS) is 12.4. The van der Waals surface area contributed by atoms with Gasteiger partial charge in [-0.1, -0.05) is 0 Å². The van der Waals surface area contributed by atoms with Gasteiger partial charge in [-0.2, -0.15) is 0 Å². The standard InChI is InChI=1S/C13H21N3O2/c1-10(17)9-16(2)7-8-18-12-5-3-11(4-6-12)13(14)15/h3-6,10,17H,7-9H2,1-2H3,(H3,14,15). The molecule has 0 saturated carbocycles. The van der Waals surface area contributed by atoms with Crippen LogP contribution in [0.4, 0.5) is 0 Å². The number of hydrogen-bond donors (Lipinski definition) is 3. The molecule has 0 aliphatic carbocycles. The number of rotatable bonds is 7. The quantitative estimate of drug-likeness (QED) is 0.491. The number of benzene rings is 1. The van der Waals surface area contributed by atoms with Gasteiger partial charge in [-0.3, -0.25) is 5.41 Å².